The number of rotatable bonds is 6. The summed E-state index contributed by atoms with van der Waals surface area (Å²) in [5.41, 5.74) is 6.09. The fourth-order valence-electron chi connectivity index (χ4n) is 1.39. The monoisotopic (exact) mass is 294 g/mol. The van der Waals surface area contributed by atoms with Gasteiger partial charge in [0, 0.05) is 0 Å². The summed E-state index contributed by atoms with van der Waals surface area (Å²) in [5.74, 6) is -5.20. The predicted octanol–water partition coefficient (Wildman–Crippen LogP) is 1.28. The van der Waals surface area contributed by atoms with Crippen LogP contribution in [0.4, 0.5) is 17.6 Å². The lowest BCUT2D eigenvalue weighted by Gasteiger charge is -2.18. The number of phenols is 1. The fraction of sp³-hybridized carbons (Fsp3) is 0.417. The molecule has 0 unspecified atom stereocenters. The van der Waals surface area contributed by atoms with E-state index in [-0.39, 0.29) is 12.2 Å². The number of hydrogen-bond donors (Lipinski definition) is 3. The number of nitrogens with one attached hydrogen (secondary N) is 1. The van der Waals surface area contributed by atoms with Gasteiger partial charge in [0.05, 0.1) is 12.6 Å². The van der Waals surface area contributed by atoms with Crippen molar-refractivity contribution in [1.82, 2.24) is 5.32 Å². The molecule has 0 saturated carbocycles. The summed E-state index contributed by atoms with van der Waals surface area (Å²) in [6.45, 7) is -1.47. The number of amides is 1. The van der Waals surface area contributed by atoms with Crippen molar-refractivity contribution in [2.45, 2.75) is 24.8 Å². The second-order valence-electron chi connectivity index (χ2n) is 4.26. The van der Waals surface area contributed by atoms with Crippen molar-refractivity contribution < 1.29 is 27.5 Å². The van der Waals surface area contributed by atoms with Crippen LogP contribution in [0.1, 0.15) is 5.56 Å². The third kappa shape index (κ3) is 4.69. The minimum atomic E-state index is -4.28. The van der Waals surface area contributed by atoms with E-state index in [0.29, 0.717) is 5.56 Å². The molecule has 4 N–H and O–H groups in total. The van der Waals surface area contributed by atoms with Gasteiger partial charge in [-0.15, -0.1) is 0 Å². The molecule has 0 saturated heterocycles. The molecule has 0 aromatic heterocycles. The topological polar surface area (TPSA) is 75.3 Å². The van der Waals surface area contributed by atoms with Crippen LogP contribution in [0, 0.1) is 0 Å². The van der Waals surface area contributed by atoms with E-state index < -0.39 is 30.8 Å². The first kappa shape index (κ1) is 16.2. The summed E-state index contributed by atoms with van der Waals surface area (Å²) in [6, 6.07) is 4.63. The van der Waals surface area contributed by atoms with Crippen molar-refractivity contribution in [3.8, 4) is 5.75 Å². The molecular weight excluding hydrogens is 280 g/mol. The first-order chi connectivity index (χ1) is 9.22. The molecular formula is C12H14F4N2O2. The van der Waals surface area contributed by atoms with Gasteiger partial charge in [0.2, 0.25) is 5.91 Å². The van der Waals surface area contributed by atoms with Crippen LogP contribution in [0.2, 0.25) is 0 Å². The number of halogens is 4. The van der Waals surface area contributed by atoms with E-state index in [9.17, 15) is 22.4 Å². The lowest BCUT2D eigenvalue weighted by atomic mass is 10.1. The van der Waals surface area contributed by atoms with Gasteiger partial charge in [0.15, 0.2) is 0 Å². The van der Waals surface area contributed by atoms with Crippen LogP contribution in [-0.2, 0) is 11.2 Å². The van der Waals surface area contributed by atoms with E-state index in [4.69, 9.17) is 10.8 Å². The van der Waals surface area contributed by atoms with Crippen molar-refractivity contribution in [3.63, 3.8) is 0 Å². The zero-order chi connectivity index (χ0) is 15.3. The Hall–Kier alpha value is -1.83. The highest BCUT2D eigenvalue weighted by Gasteiger charge is 2.41. The summed E-state index contributed by atoms with van der Waals surface area (Å²) in [6.07, 6.45) is -3.82. The Morgan fingerprint density at radius 3 is 2.35 bits per heavy atom. The molecule has 4 nitrogen and oxygen atoms in total. The van der Waals surface area contributed by atoms with Gasteiger partial charge < -0.3 is 16.2 Å². The Labute approximate surface area is 112 Å². The number of carbonyl (C=O) groups is 1. The third-order valence-corrected chi connectivity index (χ3v) is 2.55. The van der Waals surface area contributed by atoms with Gasteiger partial charge in [-0.05, 0) is 24.1 Å². The van der Waals surface area contributed by atoms with E-state index in [1.807, 2.05) is 0 Å². The van der Waals surface area contributed by atoms with Crippen molar-refractivity contribution in [2.75, 3.05) is 6.54 Å². The van der Waals surface area contributed by atoms with Gasteiger partial charge in [-0.3, -0.25) is 4.79 Å². The molecule has 1 amide bonds. The highest BCUT2D eigenvalue weighted by molar-refractivity contribution is 5.81. The highest BCUT2D eigenvalue weighted by Crippen LogP contribution is 2.21. The minimum absolute atomic E-state index is 0.0309. The third-order valence-electron chi connectivity index (χ3n) is 2.55. The molecule has 20 heavy (non-hydrogen) atoms. The van der Waals surface area contributed by atoms with Gasteiger partial charge in [0.25, 0.3) is 0 Å². The number of aromatic hydroxyl groups is 1. The highest BCUT2D eigenvalue weighted by atomic mass is 19.3. The second-order valence-corrected chi connectivity index (χ2v) is 4.26. The quantitative estimate of drug-likeness (QED) is 0.692. The molecule has 8 heteroatoms. The van der Waals surface area contributed by atoms with Crippen LogP contribution >= 0.6 is 0 Å². The second kappa shape index (κ2) is 6.56. The lowest BCUT2D eigenvalue weighted by molar-refractivity contribution is -0.137. The zero-order valence-corrected chi connectivity index (χ0v) is 10.3. The van der Waals surface area contributed by atoms with Gasteiger partial charge in [0.1, 0.15) is 5.75 Å². The number of alkyl halides is 4. The summed E-state index contributed by atoms with van der Waals surface area (Å²) >= 11 is 0. The maximum atomic E-state index is 12.6. The van der Waals surface area contributed by atoms with E-state index >= 15 is 0 Å². The maximum absolute atomic E-state index is 12.6. The molecule has 0 heterocycles. The molecule has 0 spiro atoms. The first-order valence-corrected chi connectivity index (χ1v) is 5.69. The fourth-order valence-corrected chi connectivity index (χ4v) is 1.39. The minimum Gasteiger partial charge on any atom is -0.508 e. The van der Waals surface area contributed by atoms with Crippen LogP contribution in [0.3, 0.4) is 0 Å². The Balaban J connectivity index is 2.49. The molecule has 0 aliphatic carbocycles. The first-order valence-electron chi connectivity index (χ1n) is 5.69. The van der Waals surface area contributed by atoms with Crippen molar-refractivity contribution in [2.24, 2.45) is 5.73 Å². The van der Waals surface area contributed by atoms with Crippen molar-refractivity contribution in [3.05, 3.63) is 29.8 Å². The average molecular weight is 294 g/mol. The molecule has 1 aromatic rings. The van der Waals surface area contributed by atoms with Crippen LogP contribution in [0.15, 0.2) is 24.3 Å². The van der Waals surface area contributed by atoms with Gasteiger partial charge in [-0.1, -0.05) is 12.1 Å². The van der Waals surface area contributed by atoms with Crippen LogP contribution < -0.4 is 11.1 Å². The van der Waals surface area contributed by atoms with Crippen LogP contribution in [0.5, 0.6) is 5.75 Å². The number of carbonyl (C=O) groups excluding carboxylic acids is 1. The van der Waals surface area contributed by atoms with E-state index in [0.717, 1.165) is 0 Å². The molecule has 0 aliphatic rings. The van der Waals surface area contributed by atoms with Crippen LogP contribution in [-0.4, -0.2) is 35.9 Å². The number of hydrogen-bond acceptors (Lipinski definition) is 3. The Kier molecular flexibility index (Phi) is 5.32. The molecule has 0 bridgehead atoms. The standard InChI is InChI=1S/C12H14F4N2O2/c13-11(14)12(15,16)6-18-10(20)9(17)5-7-1-3-8(19)4-2-7/h1-4,9,11,19H,5-6,17H2,(H,18,20)/t9-/m1/s1. The average Bonchev–Trinajstić information content (AvgIpc) is 2.38. The van der Waals surface area contributed by atoms with E-state index in [2.05, 4.69) is 0 Å². The summed E-state index contributed by atoms with van der Waals surface area (Å²) in [7, 11) is 0. The SMILES string of the molecule is N[C@H](Cc1ccc(O)cc1)C(=O)NCC(F)(F)C(F)F. The Morgan fingerprint density at radius 2 is 1.85 bits per heavy atom. The van der Waals surface area contributed by atoms with Crippen molar-refractivity contribution >= 4 is 5.91 Å². The number of phenolic OH excluding ortho intramolecular Hbond substituents is 1. The molecule has 0 fully saturated rings. The molecule has 0 aliphatic heterocycles. The zero-order valence-electron chi connectivity index (χ0n) is 10.3. The van der Waals surface area contributed by atoms with E-state index in [1.54, 1.807) is 5.32 Å². The smallest absolute Gasteiger partial charge is 0.324 e. The van der Waals surface area contributed by atoms with Gasteiger partial charge >= 0.3 is 12.3 Å². The van der Waals surface area contributed by atoms with Gasteiger partial charge in [-0.2, -0.15) is 8.78 Å². The Bertz CT molecular complexity index is 451. The summed E-state index contributed by atoms with van der Waals surface area (Å²) in [5, 5.41) is 10.8. The molecule has 1 rings (SSSR count). The number of benzene rings is 1. The molecule has 0 radical (unpaired) electrons. The van der Waals surface area contributed by atoms with Crippen molar-refractivity contribution in [1.29, 1.82) is 0 Å². The summed E-state index contributed by atoms with van der Waals surface area (Å²) in [4.78, 5) is 11.4. The largest absolute Gasteiger partial charge is 0.508 e. The predicted molar refractivity (Wildman–Crippen MR) is 63.7 cm³/mol. The Morgan fingerprint density at radius 1 is 1.30 bits per heavy atom. The normalized spacial score (nSPS) is 13.3. The summed E-state index contributed by atoms with van der Waals surface area (Å²) < 4.78 is 49.0. The number of nitrogens with two attached hydrogens (primary N) is 1. The molecule has 112 valence electrons. The van der Waals surface area contributed by atoms with Gasteiger partial charge in [-0.25, -0.2) is 8.78 Å². The van der Waals surface area contributed by atoms with Crippen LogP contribution in [0.25, 0.3) is 0 Å². The molecule has 1 atom stereocenters. The van der Waals surface area contributed by atoms with E-state index in [1.165, 1.54) is 24.3 Å². The molecule has 1 aromatic carbocycles. The maximum Gasteiger partial charge on any atom is 0.324 e. The lowest BCUT2D eigenvalue weighted by Crippen LogP contribution is -2.48.